The first kappa shape index (κ1) is 21.1. The van der Waals surface area contributed by atoms with Gasteiger partial charge >= 0.3 is 0 Å². The average molecular weight is 460 g/mol. The highest BCUT2D eigenvalue weighted by atomic mass is 16.5. The van der Waals surface area contributed by atoms with Crippen LogP contribution in [-0.2, 0) is 4.74 Å². The molecule has 2 saturated heterocycles. The van der Waals surface area contributed by atoms with Crippen molar-refractivity contribution < 1.29 is 9.53 Å². The molecule has 4 heterocycles. The fourth-order valence-electron chi connectivity index (χ4n) is 4.89. The third kappa shape index (κ3) is 4.12. The van der Waals surface area contributed by atoms with Gasteiger partial charge in [-0.15, -0.1) is 0 Å². The molecule has 1 amide bonds. The van der Waals surface area contributed by atoms with Gasteiger partial charge in [0.2, 0.25) is 0 Å². The van der Waals surface area contributed by atoms with Crippen LogP contribution in [0.4, 0.5) is 5.69 Å². The Balaban J connectivity index is 1.25. The number of fused-ring (bicyclic) bond motifs is 2. The van der Waals surface area contributed by atoms with E-state index in [0.717, 1.165) is 79.9 Å². The molecule has 2 aliphatic rings. The molecule has 4 aromatic rings. The Kier molecular flexibility index (Phi) is 5.64. The molecule has 0 radical (unpaired) electrons. The standard InChI is InChI=1S/C25H29N7O2/c33-25(27-15-16-5-7-26-8-6-16)17-1-3-20-19(13-17)23(31-30-20)24-28-21-4-2-18(14-22(21)29-24)32-9-11-34-12-10-32/h1-4,13-14,16,26H,5-12,15H2,(H,27,33)(H,28,29)(H,30,31). The third-order valence-electron chi connectivity index (χ3n) is 6.90. The molecular weight excluding hydrogens is 430 g/mol. The minimum absolute atomic E-state index is 0.0488. The molecule has 9 nitrogen and oxygen atoms in total. The number of benzene rings is 2. The van der Waals surface area contributed by atoms with E-state index in [2.05, 4.69) is 42.8 Å². The molecule has 0 saturated carbocycles. The van der Waals surface area contributed by atoms with Crippen molar-refractivity contribution in [2.75, 3.05) is 50.8 Å². The van der Waals surface area contributed by atoms with Gasteiger partial charge in [-0.1, -0.05) is 0 Å². The zero-order valence-electron chi connectivity index (χ0n) is 19.1. The number of nitrogens with one attached hydrogen (secondary N) is 4. The Morgan fingerprint density at radius 1 is 1.09 bits per heavy atom. The number of nitrogens with zero attached hydrogens (tertiary/aromatic N) is 3. The van der Waals surface area contributed by atoms with Crippen molar-refractivity contribution in [2.24, 2.45) is 5.92 Å². The van der Waals surface area contributed by atoms with Crippen molar-refractivity contribution in [2.45, 2.75) is 12.8 Å². The predicted molar refractivity (Wildman–Crippen MR) is 132 cm³/mol. The lowest BCUT2D eigenvalue weighted by molar-refractivity contribution is 0.0944. The number of hydrogen-bond donors (Lipinski definition) is 4. The number of hydrogen-bond acceptors (Lipinski definition) is 6. The summed E-state index contributed by atoms with van der Waals surface area (Å²) in [5.74, 6) is 1.18. The lowest BCUT2D eigenvalue weighted by atomic mass is 9.98. The molecule has 6 rings (SSSR count). The lowest BCUT2D eigenvalue weighted by Crippen LogP contribution is -2.36. The SMILES string of the molecule is O=C(NCC1CCNCC1)c1ccc2[nH]nc(-c3nc4ccc(N5CCOCC5)cc4[nH]3)c2c1. The summed E-state index contributed by atoms with van der Waals surface area (Å²) < 4.78 is 5.47. The monoisotopic (exact) mass is 459 g/mol. The number of anilines is 1. The van der Waals surface area contributed by atoms with Crippen LogP contribution in [0.3, 0.4) is 0 Å². The number of ether oxygens (including phenoxy) is 1. The van der Waals surface area contributed by atoms with Crippen LogP contribution < -0.4 is 15.5 Å². The highest BCUT2D eigenvalue weighted by Gasteiger charge is 2.18. The van der Waals surface area contributed by atoms with E-state index < -0.39 is 0 Å². The molecule has 0 aliphatic carbocycles. The highest BCUT2D eigenvalue weighted by Crippen LogP contribution is 2.29. The number of amides is 1. The zero-order chi connectivity index (χ0) is 22.9. The van der Waals surface area contributed by atoms with E-state index in [1.165, 1.54) is 0 Å². The molecule has 2 aromatic carbocycles. The highest BCUT2D eigenvalue weighted by molar-refractivity contribution is 6.01. The number of imidazole rings is 1. The summed E-state index contributed by atoms with van der Waals surface area (Å²) in [6, 6.07) is 11.9. The van der Waals surface area contributed by atoms with Crippen molar-refractivity contribution in [1.82, 2.24) is 30.8 Å². The van der Waals surface area contributed by atoms with Crippen LogP contribution in [0.25, 0.3) is 33.5 Å². The number of H-pyrrole nitrogens is 2. The fraction of sp³-hybridized carbons (Fsp3) is 0.400. The number of aromatic amines is 2. The van der Waals surface area contributed by atoms with Gasteiger partial charge in [0.05, 0.1) is 29.8 Å². The van der Waals surface area contributed by atoms with Gasteiger partial charge in [0.1, 0.15) is 5.69 Å². The molecule has 0 atom stereocenters. The largest absolute Gasteiger partial charge is 0.378 e. The van der Waals surface area contributed by atoms with Gasteiger partial charge < -0.3 is 25.3 Å². The molecule has 4 N–H and O–H groups in total. The van der Waals surface area contributed by atoms with Crippen LogP contribution in [0, 0.1) is 5.92 Å². The van der Waals surface area contributed by atoms with E-state index in [1.807, 2.05) is 24.3 Å². The summed E-state index contributed by atoms with van der Waals surface area (Å²) in [5.41, 5.74) is 5.23. The molecule has 9 heteroatoms. The maximum absolute atomic E-state index is 12.8. The summed E-state index contributed by atoms with van der Waals surface area (Å²) in [7, 11) is 0. The van der Waals surface area contributed by atoms with E-state index in [-0.39, 0.29) is 5.91 Å². The van der Waals surface area contributed by atoms with Crippen LogP contribution in [-0.4, -0.2) is 72.0 Å². The van der Waals surface area contributed by atoms with Crippen molar-refractivity contribution >= 4 is 33.5 Å². The summed E-state index contributed by atoms with van der Waals surface area (Å²) in [6.07, 6.45) is 2.20. The van der Waals surface area contributed by atoms with E-state index in [0.29, 0.717) is 29.5 Å². The molecule has 2 fully saturated rings. The number of piperidine rings is 1. The van der Waals surface area contributed by atoms with Crippen molar-refractivity contribution in [1.29, 1.82) is 0 Å². The summed E-state index contributed by atoms with van der Waals surface area (Å²) in [5, 5.41) is 14.9. The van der Waals surface area contributed by atoms with Gasteiger partial charge in [0, 0.05) is 36.3 Å². The molecule has 0 unspecified atom stereocenters. The quantitative estimate of drug-likeness (QED) is 0.365. The first-order chi connectivity index (χ1) is 16.7. The Labute approximate surface area is 197 Å². The number of morpholine rings is 1. The second-order valence-electron chi connectivity index (χ2n) is 9.12. The van der Waals surface area contributed by atoms with Gasteiger partial charge in [0.25, 0.3) is 5.91 Å². The summed E-state index contributed by atoms with van der Waals surface area (Å²) >= 11 is 0. The van der Waals surface area contributed by atoms with Crippen LogP contribution in [0.15, 0.2) is 36.4 Å². The number of aromatic nitrogens is 4. The Bertz CT molecular complexity index is 1320. The lowest BCUT2D eigenvalue weighted by Gasteiger charge is -2.28. The number of carbonyl (C=O) groups excluding carboxylic acids is 1. The van der Waals surface area contributed by atoms with Gasteiger partial charge in [0.15, 0.2) is 5.82 Å². The average Bonchev–Trinajstić information content (AvgIpc) is 3.51. The number of carbonyl (C=O) groups is 1. The summed E-state index contributed by atoms with van der Waals surface area (Å²) in [4.78, 5) is 23.4. The third-order valence-corrected chi connectivity index (χ3v) is 6.90. The Morgan fingerprint density at radius 3 is 2.79 bits per heavy atom. The van der Waals surface area contributed by atoms with E-state index in [9.17, 15) is 4.79 Å². The molecule has 34 heavy (non-hydrogen) atoms. The molecule has 0 bridgehead atoms. The van der Waals surface area contributed by atoms with Gasteiger partial charge in [-0.3, -0.25) is 9.89 Å². The van der Waals surface area contributed by atoms with E-state index in [4.69, 9.17) is 9.72 Å². The van der Waals surface area contributed by atoms with Gasteiger partial charge in [-0.05, 0) is 68.2 Å². The van der Waals surface area contributed by atoms with Crippen LogP contribution in [0.1, 0.15) is 23.2 Å². The maximum atomic E-state index is 12.8. The molecule has 2 aliphatic heterocycles. The van der Waals surface area contributed by atoms with Crippen molar-refractivity contribution in [3.63, 3.8) is 0 Å². The first-order valence-electron chi connectivity index (χ1n) is 12.0. The Hall–Kier alpha value is -3.43. The minimum atomic E-state index is -0.0488. The smallest absolute Gasteiger partial charge is 0.251 e. The molecule has 176 valence electrons. The second-order valence-corrected chi connectivity index (χ2v) is 9.12. The van der Waals surface area contributed by atoms with E-state index >= 15 is 0 Å². The first-order valence-corrected chi connectivity index (χ1v) is 12.0. The van der Waals surface area contributed by atoms with Crippen LogP contribution >= 0.6 is 0 Å². The maximum Gasteiger partial charge on any atom is 0.251 e. The Morgan fingerprint density at radius 2 is 1.94 bits per heavy atom. The minimum Gasteiger partial charge on any atom is -0.378 e. The predicted octanol–water partition coefficient (Wildman–Crippen LogP) is 2.67. The molecular formula is C25H29N7O2. The van der Waals surface area contributed by atoms with Crippen molar-refractivity contribution in [3.8, 4) is 11.5 Å². The topological polar surface area (TPSA) is 111 Å². The normalized spacial score (nSPS) is 17.5. The number of rotatable bonds is 5. The summed E-state index contributed by atoms with van der Waals surface area (Å²) in [6.45, 7) is 6.04. The van der Waals surface area contributed by atoms with Crippen LogP contribution in [0.2, 0.25) is 0 Å². The van der Waals surface area contributed by atoms with Gasteiger partial charge in [-0.2, -0.15) is 5.10 Å². The van der Waals surface area contributed by atoms with Crippen LogP contribution in [0.5, 0.6) is 0 Å². The van der Waals surface area contributed by atoms with Crippen molar-refractivity contribution in [3.05, 3.63) is 42.0 Å². The molecule has 0 spiro atoms. The zero-order valence-corrected chi connectivity index (χ0v) is 19.1. The molecule has 2 aromatic heterocycles. The van der Waals surface area contributed by atoms with Gasteiger partial charge in [-0.25, -0.2) is 4.98 Å². The fourth-order valence-corrected chi connectivity index (χ4v) is 4.89. The van der Waals surface area contributed by atoms with E-state index in [1.54, 1.807) is 0 Å². The second kappa shape index (κ2) is 9.08.